The van der Waals surface area contributed by atoms with Crippen LogP contribution in [-0.4, -0.2) is 68.6 Å². The number of nitrogens with zero attached hydrogens (tertiary/aromatic N) is 2. The maximum atomic E-state index is 12.5. The Bertz CT molecular complexity index is 1270. The minimum Gasteiger partial charge on any atom is -0.463 e. The number of H-pyrrole nitrogens is 2. The Morgan fingerprint density at radius 2 is 1.92 bits per heavy atom. The maximum absolute atomic E-state index is 12.5. The van der Waals surface area contributed by atoms with Crippen LogP contribution < -0.4 is 21.9 Å². The highest BCUT2D eigenvalue weighted by Crippen LogP contribution is 2.30. The van der Waals surface area contributed by atoms with E-state index in [0.717, 1.165) is 4.57 Å². The number of nitrogens with one attached hydrogen (secondary N) is 4. The molecule has 15 nitrogen and oxygen atoms in total. The zero-order valence-corrected chi connectivity index (χ0v) is 21.7. The highest BCUT2D eigenvalue weighted by atomic mass is 16.6. The predicted molar refractivity (Wildman–Crippen MR) is 133 cm³/mol. The van der Waals surface area contributed by atoms with Crippen molar-refractivity contribution in [1.82, 2.24) is 30.2 Å². The lowest BCUT2D eigenvalue weighted by atomic mass is 10.2. The van der Waals surface area contributed by atoms with Crippen LogP contribution in [0.2, 0.25) is 0 Å². The molecular formula is C24H32N6O9. The van der Waals surface area contributed by atoms with Crippen molar-refractivity contribution in [3.05, 3.63) is 50.8 Å². The number of unbranched alkanes of at least 4 members (excludes halogenated alkanes) is 1. The van der Waals surface area contributed by atoms with Crippen molar-refractivity contribution in [2.24, 2.45) is 0 Å². The molecule has 3 unspecified atom stereocenters. The topological polar surface area (TPSA) is 204 Å². The number of hydrogen-bond donors (Lipinski definition) is 4. The molecule has 3 rings (SSSR count). The van der Waals surface area contributed by atoms with Crippen molar-refractivity contribution in [3.8, 4) is 0 Å². The Balaban J connectivity index is 1.49. The van der Waals surface area contributed by atoms with Gasteiger partial charge in [-0.3, -0.25) is 33.5 Å². The molecule has 0 aliphatic carbocycles. The molecule has 0 radical (unpaired) electrons. The molecule has 15 heteroatoms. The lowest BCUT2D eigenvalue weighted by Gasteiger charge is -2.17. The van der Waals surface area contributed by atoms with E-state index in [9.17, 15) is 28.8 Å². The Morgan fingerprint density at radius 1 is 1.13 bits per heavy atom. The van der Waals surface area contributed by atoms with Crippen LogP contribution in [0.4, 0.5) is 0 Å². The van der Waals surface area contributed by atoms with E-state index in [0.29, 0.717) is 25.1 Å². The number of aromatic nitrogens is 4. The molecular weight excluding hydrogens is 516 g/mol. The molecule has 0 bridgehead atoms. The maximum Gasteiger partial charge on any atom is 0.330 e. The van der Waals surface area contributed by atoms with Gasteiger partial charge in [0.05, 0.1) is 24.0 Å². The van der Waals surface area contributed by atoms with Gasteiger partial charge >= 0.3 is 17.6 Å². The number of carbonyl (C=O) groups excluding carboxylic acids is 4. The van der Waals surface area contributed by atoms with Crippen LogP contribution in [0.5, 0.6) is 0 Å². The third-order valence-electron chi connectivity index (χ3n) is 5.83. The number of rotatable bonds is 13. The third-order valence-corrected chi connectivity index (χ3v) is 5.83. The molecule has 2 aromatic heterocycles. The van der Waals surface area contributed by atoms with Crippen LogP contribution in [0.3, 0.4) is 0 Å². The highest BCUT2D eigenvalue weighted by Gasteiger charge is 2.39. The lowest BCUT2D eigenvalue weighted by molar-refractivity contribution is -0.155. The van der Waals surface area contributed by atoms with Gasteiger partial charge in [0.2, 0.25) is 11.8 Å². The largest absolute Gasteiger partial charge is 0.463 e. The standard InChI is InChI=1S/C24H32N6O9/c1-14(31)37-12-19-18(38-15(2)32)8-22(39-19)30-11-16(23(35)29-24(30)36)9-27-20(33)5-3-4-6-26-21(34)7-17-10-25-13-28-17/h10-11,13,18-19,22H,3-9,12H2,1-2H3,(H,25,28)(H,26,34)(H,27,33)(H,29,35,36). The van der Waals surface area contributed by atoms with Gasteiger partial charge in [0.1, 0.15) is 25.0 Å². The van der Waals surface area contributed by atoms with E-state index < -0.39 is 41.6 Å². The molecule has 2 amide bonds. The fourth-order valence-corrected chi connectivity index (χ4v) is 3.96. The second-order valence-corrected chi connectivity index (χ2v) is 8.96. The van der Waals surface area contributed by atoms with E-state index in [4.69, 9.17) is 14.2 Å². The van der Waals surface area contributed by atoms with Crippen LogP contribution >= 0.6 is 0 Å². The summed E-state index contributed by atoms with van der Waals surface area (Å²) in [4.78, 5) is 80.5. The lowest BCUT2D eigenvalue weighted by Crippen LogP contribution is -2.36. The second-order valence-electron chi connectivity index (χ2n) is 8.96. The normalized spacial score (nSPS) is 18.4. The quantitative estimate of drug-likeness (QED) is 0.181. The van der Waals surface area contributed by atoms with Crippen LogP contribution in [-0.2, 0) is 46.4 Å². The van der Waals surface area contributed by atoms with Crippen LogP contribution in [0.1, 0.15) is 57.0 Å². The van der Waals surface area contributed by atoms with Crippen molar-refractivity contribution >= 4 is 23.8 Å². The van der Waals surface area contributed by atoms with Gasteiger partial charge < -0.3 is 29.8 Å². The molecule has 3 heterocycles. The summed E-state index contributed by atoms with van der Waals surface area (Å²) in [7, 11) is 0. The molecule has 1 fully saturated rings. The molecule has 0 aromatic carbocycles. The first-order valence-corrected chi connectivity index (χ1v) is 12.4. The molecule has 39 heavy (non-hydrogen) atoms. The Morgan fingerprint density at radius 3 is 2.62 bits per heavy atom. The number of imidazole rings is 1. The predicted octanol–water partition coefficient (Wildman–Crippen LogP) is -0.813. The van der Waals surface area contributed by atoms with Crippen molar-refractivity contribution < 1.29 is 33.4 Å². The summed E-state index contributed by atoms with van der Waals surface area (Å²) in [5, 5.41) is 5.40. The van der Waals surface area contributed by atoms with E-state index in [-0.39, 0.29) is 49.8 Å². The SMILES string of the molecule is CC(=O)OCC1OC(n2cc(CNC(=O)CCCCNC(=O)Cc3c[nH]cn3)c(=O)[nH]c2=O)CC1OC(C)=O. The number of carbonyl (C=O) groups is 4. The first-order valence-electron chi connectivity index (χ1n) is 12.4. The molecule has 212 valence electrons. The molecule has 0 spiro atoms. The molecule has 1 aliphatic rings. The molecule has 3 atom stereocenters. The van der Waals surface area contributed by atoms with Crippen molar-refractivity contribution in [3.63, 3.8) is 0 Å². The Kier molecular flexibility index (Phi) is 10.5. The number of hydrogen-bond acceptors (Lipinski definition) is 10. The van der Waals surface area contributed by atoms with E-state index in [1.54, 1.807) is 6.20 Å². The van der Waals surface area contributed by atoms with Gasteiger partial charge in [-0.15, -0.1) is 0 Å². The summed E-state index contributed by atoms with van der Waals surface area (Å²) in [6.45, 7) is 2.55. The number of amides is 2. The third kappa shape index (κ3) is 9.21. The molecule has 0 saturated carbocycles. The van der Waals surface area contributed by atoms with Crippen molar-refractivity contribution in [2.75, 3.05) is 13.2 Å². The Hall–Kier alpha value is -4.27. The number of esters is 2. The fourth-order valence-electron chi connectivity index (χ4n) is 3.96. The van der Waals surface area contributed by atoms with Gasteiger partial charge in [0.15, 0.2) is 0 Å². The second kappa shape index (κ2) is 14.0. The van der Waals surface area contributed by atoms with Crippen LogP contribution in [0, 0.1) is 0 Å². The smallest absolute Gasteiger partial charge is 0.330 e. The van der Waals surface area contributed by atoms with Gasteiger partial charge in [0, 0.05) is 52.2 Å². The molecule has 2 aromatic rings. The summed E-state index contributed by atoms with van der Waals surface area (Å²) < 4.78 is 17.1. The minimum absolute atomic E-state index is 0.0848. The zero-order chi connectivity index (χ0) is 28.4. The molecule has 1 aliphatic heterocycles. The first kappa shape index (κ1) is 29.3. The fraction of sp³-hybridized carbons (Fsp3) is 0.542. The van der Waals surface area contributed by atoms with Crippen molar-refractivity contribution in [1.29, 1.82) is 0 Å². The summed E-state index contributed by atoms with van der Waals surface area (Å²) in [5.74, 6) is -1.57. The summed E-state index contributed by atoms with van der Waals surface area (Å²) in [6.07, 6.45) is 3.47. The highest BCUT2D eigenvalue weighted by molar-refractivity contribution is 5.78. The number of aromatic amines is 2. The van der Waals surface area contributed by atoms with Gasteiger partial charge in [-0.25, -0.2) is 9.78 Å². The first-order chi connectivity index (χ1) is 18.6. The van der Waals surface area contributed by atoms with Gasteiger partial charge in [-0.1, -0.05) is 0 Å². The summed E-state index contributed by atoms with van der Waals surface area (Å²) >= 11 is 0. The average molecular weight is 549 g/mol. The molecule has 4 N–H and O–H groups in total. The zero-order valence-electron chi connectivity index (χ0n) is 21.7. The van der Waals surface area contributed by atoms with Crippen LogP contribution in [0.25, 0.3) is 0 Å². The van der Waals surface area contributed by atoms with Crippen molar-refractivity contribution in [2.45, 2.75) is 70.9 Å². The van der Waals surface area contributed by atoms with Gasteiger partial charge in [-0.05, 0) is 12.8 Å². The van der Waals surface area contributed by atoms with Gasteiger partial charge in [-0.2, -0.15) is 0 Å². The van der Waals surface area contributed by atoms with Crippen LogP contribution in [0.15, 0.2) is 28.3 Å². The van der Waals surface area contributed by atoms with E-state index >= 15 is 0 Å². The monoisotopic (exact) mass is 548 g/mol. The average Bonchev–Trinajstić information content (AvgIpc) is 3.51. The van der Waals surface area contributed by atoms with Gasteiger partial charge in [0.25, 0.3) is 5.56 Å². The van der Waals surface area contributed by atoms with E-state index in [2.05, 4.69) is 25.6 Å². The summed E-state index contributed by atoms with van der Waals surface area (Å²) in [6, 6.07) is 0. The van der Waals surface area contributed by atoms with E-state index in [1.165, 1.54) is 26.4 Å². The Labute approximate surface area is 222 Å². The minimum atomic E-state index is -0.906. The summed E-state index contributed by atoms with van der Waals surface area (Å²) in [5.41, 5.74) is -0.658. The number of ether oxygens (including phenoxy) is 3. The molecule has 1 saturated heterocycles. The van der Waals surface area contributed by atoms with E-state index in [1.807, 2.05) is 0 Å².